The van der Waals surface area contributed by atoms with E-state index in [0.717, 1.165) is 18.0 Å². The van der Waals surface area contributed by atoms with Crippen molar-refractivity contribution in [3.63, 3.8) is 0 Å². The first-order valence-corrected chi connectivity index (χ1v) is 5.16. The van der Waals surface area contributed by atoms with Gasteiger partial charge in [0.1, 0.15) is 5.03 Å². The lowest BCUT2D eigenvalue weighted by atomic mass is 10.6. The number of nitrogens with zero attached hydrogens (tertiary/aromatic N) is 4. The molecule has 16 heavy (non-hydrogen) atoms. The Morgan fingerprint density at radius 1 is 1.50 bits per heavy atom. The minimum absolute atomic E-state index is 0.165. The highest BCUT2D eigenvalue weighted by molar-refractivity contribution is 7.99. The van der Waals surface area contributed by atoms with Crippen molar-refractivity contribution in [2.24, 2.45) is 12.9 Å². The number of imidazole rings is 1. The first kappa shape index (κ1) is 10.8. The van der Waals surface area contributed by atoms with Crippen molar-refractivity contribution in [2.45, 2.75) is 10.2 Å². The number of nitrogen functional groups attached to an aromatic ring is 1. The summed E-state index contributed by atoms with van der Waals surface area (Å²) < 4.78 is 15.1. The van der Waals surface area contributed by atoms with Gasteiger partial charge in [-0.3, -0.25) is 5.43 Å². The number of hydrogen-bond donors (Lipinski definition) is 2. The fraction of sp³-hybridized carbons (Fsp3) is 0.125. The van der Waals surface area contributed by atoms with Gasteiger partial charge in [-0.15, -0.1) is 0 Å². The third kappa shape index (κ3) is 2.12. The van der Waals surface area contributed by atoms with Crippen LogP contribution in [0.25, 0.3) is 0 Å². The number of rotatable bonds is 3. The molecule has 0 radical (unpaired) electrons. The monoisotopic (exact) mass is 240 g/mol. The van der Waals surface area contributed by atoms with E-state index in [1.807, 2.05) is 7.05 Å². The lowest BCUT2D eigenvalue weighted by Gasteiger charge is -2.03. The molecule has 2 heterocycles. The predicted octanol–water partition coefficient (Wildman–Crippen LogP) is 0.786. The van der Waals surface area contributed by atoms with Gasteiger partial charge in [0.2, 0.25) is 5.95 Å². The molecule has 0 amide bonds. The predicted molar refractivity (Wildman–Crippen MR) is 57.1 cm³/mol. The molecule has 3 N–H and O–H groups in total. The number of hydrogen-bond acceptors (Lipinski definition) is 6. The van der Waals surface area contributed by atoms with Crippen LogP contribution in [0.1, 0.15) is 0 Å². The lowest BCUT2D eigenvalue weighted by Crippen LogP contribution is -2.11. The molecule has 0 bridgehead atoms. The number of nitrogens with one attached hydrogen (secondary N) is 1. The third-order valence-corrected chi connectivity index (χ3v) is 2.86. The maximum Gasteiger partial charge on any atom is 0.238 e. The van der Waals surface area contributed by atoms with E-state index in [2.05, 4.69) is 20.4 Å². The summed E-state index contributed by atoms with van der Waals surface area (Å²) in [4.78, 5) is 11.6. The summed E-state index contributed by atoms with van der Waals surface area (Å²) in [7, 11) is 1.82. The topological polar surface area (TPSA) is 81.7 Å². The lowest BCUT2D eigenvalue weighted by molar-refractivity contribution is 0.579. The zero-order chi connectivity index (χ0) is 11.5. The average Bonchev–Trinajstić information content (AvgIpc) is 2.68. The van der Waals surface area contributed by atoms with Gasteiger partial charge in [0.15, 0.2) is 11.0 Å². The van der Waals surface area contributed by atoms with Crippen LogP contribution in [-0.2, 0) is 7.05 Å². The Bertz CT molecular complexity index is 499. The standard InChI is InChI=1S/C8H9FN6S/c1-15-3-2-11-8(15)16-6-5(9)4-12-7(13-6)14-10/h2-4H,10H2,1H3,(H,12,13,14). The van der Waals surface area contributed by atoms with Gasteiger partial charge in [0.25, 0.3) is 0 Å². The molecule has 2 rings (SSSR count). The smallest absolute Gasteiger partial charge is 0.238 e. The van der Waals surface area contributed by atoms with Gasteiger partial charge in [0.05, 0.1) is 6.20 Å². The molecule has 0 unspecified atom stereocenters. The minimum atomic E-state index is -0.507. The summed E-state index contributed by atoms with van der Waals surface area (Å²) in [6.45, 7) is 0. The quantitative estimate of drug-likeness (QED) is 0.469. The van der Waals surface area contributed by atoms with Crippen LogP contribution in [0.2, 0.25) is 0 Å². The van der Waals surface area contributed by atoms with E-state index in [-0.39, 0.29) is 11.0 Å². The largest absolute Gasteiger partial charge is 0.329 e. The zero-order valence-corrected chi connectivity index (χ0v) is 9.20. The number of halogens is 1. The summed E-state index contributed by atoms with van der Waals surface area (Å²) in [6.07, 6.45) is 4.46. The Balaban J connectivity index is 2.30. The molecule has 0 aliphatic carbocycles. The minimum Gasteiger partial charge on any atom is -0.329 e. The molecule has 0 saturated carbocycles. The third-order valence-electron chi connectivity index (χ3n) is 1.81. The van der Waals surface area contributed by atoms with E-state index < -0.39 is 5.82 Å². The van der Waals surface area contributed by atoms with Crippen LogP contribution >= 0.6 is 11.8 Å². The fourth-order valence-electron chi connectivity index (χ4n) is 1.03. The summed E-state index contributed by atoms with van der Waals surface area (Å²) in [5.74, 6) is 4.80. The molecular formula is C8H9FN6S. The number of aryl methyl sites for hydroxylation is 1. The van der Waals surface area contributed by atoms with Gasteiger partial charge in [0, 0.05) is 19.4 Å². The molecule has 84 valence electrons. The van der Waals surface area contributed by atoms with Gasteiger partial charge in [-0.2, -0.15) is 0 Å². The van der Waals surface area contributed by atoms with Gasteiger partial charge in [-0.25, -0.2) is 25.2 Å². The van der Waals surface area contributed by atoms with Crippen LogP contribution in [0, 0.1) is 5.82 Å². The Morgan fingerprint density at radius 2 is 2.31 bits per heavy atom. The number of nitrogens with two attached hydrogens (primary N) is 1. The van der Waals surface area contributed by atoms with Crippen LogP contribution in [0.4, 0.5) is 10.3 Å². The molecule has 0 saturated heterocycles. The van der Waals surface area contributed by atoms with Crippen molar-refractivity contribution in [2.75, 3.05) is 5.43 Å². The SMILES string of the molecule is Cn1ccnc1Sc1nc(NN)ncc1F. The second kappa shape index (κ2) is 4.45. The van der Waals surface area contributed by atoms with Gasteiger partial charge in [-0.05, 0) is 11.8 Å². The van der Waals surface area contributed by atoms with Crippen molar-refractivity contribution in [3.05, 3.63) is 24.4 Å². The molecule has 0 aliphatic rings. The summed E-state index contributed by atoms with van der Waals surface area (Å²) in [5, 5.41) is 0.817. The Kier molecular flexibility index (Phi) is 3.02. The van der Waals surface area contributed by atoms with Gasteiger partial charge >= 0.3 is 0 Å². The number of hydrazine groups is 1. The normalized spacial score (nSPS) is 10.4. The molecule has 0 spiro atoms. The van der Waals surface area contributed by atoms with Crippen molar-refractivity contribution < 1.29 is 4.39 Å². The number of anilines is 1. The average molecular weight is 240 g/mol. The van der Waals surface area contributed by atoms with Crippen LogP contribution in [0.5, 0.6) is 0 Å². The maximum absolute atomic E-state index is 13.4. The highest BCUT2D eigenvalue weighted by atomic mass is 32.2. The van der Waals surface area contributed by atoms with Gasteiger partial charge in [-0.1, -0.05) is 0 Å². The Hall–Kier alpha value is -1.67. The van der Waals surface area contributed by atoms with E-state index in [1.165, 1.54) is 0 Å². The van der Waals surface area contributed by atoms with E-state index in [4.69, 9.17) is 5.84 Å². The molecule has 2 aromatic rings. The molecule has 8 heteroatoms. The first-order valence-electron chi connectivity index (χ1n) is 4.35. The van der Waals surface area contributed by atoms with Crippen LogP contribution in [-0.4, -0.2) is 19.5 Å². The van der Waals surface area contributed by atoms with E-state index in [9.17, 15) is 4.39 Å². The Labute approximate surface area is 95.1 Å². The second-order valence-corrected chi connectivity index (χ2v) is 3.87. The zero-order valence-electron chi connectivity index (χ0n) is 8.38. The molecule has 0 aliphatic heterocycles. The molecule has 0 aromatic carbocycles. The highest BCUT2D eigenvalue weighted by Gasteiger charge is 2.10. The van der Waals surface area contributed by atoms with Crippen LogP contribution in [0.15, 0.2) is 28.8 Å². The first-order chi connectivity index (χ1) is 7.70. The Morgan fingerprint density at radius 3 is 2.94 bits per heavy atom. The summed E-state index contributed by atoms with van der Waals surface area (Å²) in [6, 6.07) is 0. The van der Waals surface area contributed by atoms with Crippen molar-refractivity contribution in [3.8, 4) is 0 Å². The van der Waals surface area contributed by atoms with Crippen LogP contribution < -0.4 is 11.3 Å². The number of aromatic nitrogens is 4. The van der Waals surface area contributed by atoms with Gasteiger partial charge < -0.3 is 4.57 Å². The van der Waals surface area contributed by atoms with Crippen molar-refractivity contribution in [1.29, 1.82) is 0 Å². The van der Waals surface area contributed by atoms with E-state index >= 15 is 0 Å². The van der Waals surface area contributed by atoms with E-state index in [0.29, 0.717) is 5.16 Å². The molecule has 0 atom stereocenters. The van der Waals surface area contributed by atoms with E-state index in [1.54, 1.807) is 17.0 Å². The van der Waals surface area contributed by atoms with Crippen molar-refractivity contribution in [1.82, 2.24) is 19.5 Å². The second-order valence-electron chi connectivity index (χ2n) is 2.91. The molecular weight excluding hydrogens is 231 g/mol. The molecule has 6 nitrogen and oxygen atoms in total. The summed E-state index contributed by atoms with van der Waals surface area (Å²) in [5.41, 5.74) is 2.26. The fourth-order valence-corrected chi connectivity index (χ4v) is 1.80. The maximum atomic E-state index is 13.4. The molecule has 0 fully saturated rings. The van der Waals surface area contributed by atoms with Crippen molar-refractivity contribution >= 4 is 17.7 Å². The summed E-state index contributed by atoms with van der Waals surface area (Å²) >= 11 is 1.11. The molecule has 2 aromatic heterocycles. The van der Waals surface area contributed by atoms with Crippen LogP contribution in [0.3, 0.4) is 0 Å². The highest BCUT2D eigenvalue weighted by Crippen LogP contribution is 2.26.